The third-order valence-corrected chi connectivity index (χ3v) is 2.60. The molecular formula is C11H19NO. The maximum absolute atomic E-state index is 11.2. The second kappa shape index (κ2) is 3.95. The van der Waals surface area contributed by atoms with Crippen LogP contribution in [-0.4, -0.2) is 12.3 Å². The first-order chi connectivity index (χ1) is 6.06. The Morgan fingerprint density at radius 2 is 2.23 bits per heavy atom. The van der Waals surface area contributed by atoms with Crippen LogP contribution >= 0.6 is 0 Å². The Morgan fingerprint density at radius 3 is 2.85 bits per heavy atom. The van der Waals surface area contributed by atoms with Gasteiger partial charge in [0.15, 0.2) is 5.78 Å². The molecule has 0 bridgehead atoms. The minimum atomic E-state index is 0.156. The summed E-state index contributed by atoms with van der Waals surface area (Å²) in [6, 6.07) is 0. The molecule has 0 radical (unpaired) electrons. The van der Waals surface area contributed by atoms with Gasteiger partial charge in [-0.15, -0.1) is 0 Å². The SMILES string of the molecule is CCCNC1=CC(=O)CCC1(C)C. The second-order valence-corrected chi connectivity index (χ2v) is 4.33. The zero-order valence-electron chi connectivity index (χ0n) is 8.81. The van der Waals surface area contributed by atoms with Gasteiger partial charge in [-0.05, 0) is 12.8 Å². The molecule has 0 aliphatic heterocycles. The van der Waals surface area contributed by atoms with Crippen LogP contribution in [0, 0.1) is 5.41 Å². The van der Waals surface area contributed by atoms with Crippen LogP contribution in [0.4, 0.5) is 0 Å². The van der Waals surface area contributed by atoms with Crippen LogP contribution in [0.15, 0.2) is 11.8 Å². The molecule has 0 saturated carbocycles. The number of rotatable bonds is 3. The van der Waals surface area contributed by atoms with Crippen molar-refractivity contribution >= 4 is 5.78 Å². The molecule has 0 aromatic carbocycles. The van der Waals surface area contributed by atoms with E-state index in [-0.39, 0.29) is 11.2 Å². The van der Waals surface area contributed by atoms with Gasteiger partial charge < -0.3 is 5.32 Å². The second-order valence-electron chi connectivity index (χ2n) is 4.33. The van der Waals surface area contributed by atoms with Crippen LogP contribution in [-0.2, 0) is 4.79 Å². The van der Waals surface area contributed by atoms with E-state index in [9.17, 15) is 4.79 Å². The van der Waals surface area contributed by atoms with Crippen LogP contribution in [0.3, 0.4) is 0 Å². The topological polar surface area (TPSA) is 29.1 Å². The van der Waals surface area contributed by atoms with E-state index in [2.05, 4.69) is 26.1 Å². The van der Waals surface area contributed by atoms with E-state index in [1.54, 1.807) is 6.08 Å². The standard InChI is InChI=1S/C11H19NO/c1-4-7-12-10-8-9(13)5-6-11(10,2)3/h8,12H,4-7H2,1-3H3. The molecule has 0 aromatic heterocycles. The van der Waals surface area contributed by atoms with E-state index >= 15 is 0 Å². The molecule has 13 heavy (non-hydrogen) atoms. The summed E-state index contributed by atoms with van der Waals surface area (Å²) in [5, 5.41) is 3.33. The lowest BCUT2D eigenvalue weighted by Crippen LogP contribution is -2.31. The van der Waals surface area contributed by atoms with E-state index in [4.69, 9.17) is 0 Å². The fraction of sp³-hybridized carbons (Fsp3) is 0.727. The Balaban J connectivity index is 2.69. The maximum atomic E-state index is 11.2. The molecule has 1 aliphatic carbocycles. The quantitative estimate of drug-likeness (QED) is 0.723. The van der Waals surface area contributed by atoms with Crippen LogP contribution in [0.1, 0.15) is 40.0 Å². The summed E-state index contributed by atoms with van der Waals surface area (Å²) < 4.78 is 0. The first-order valence-corrected chi connectivity index (χ1v) is 5.05. The van der Waals surface area contributed by atoms with Gasteiger partial charge in [-0.2, -0.15) is 0 Å². The molecule has 0 spiro atoms. The molecule has 0 atom stereocenters. The summed E-state index contributed by atoms with van der Waals surface area (Å²) in [4.78, 5) is 11.2. The summed E-state index contributed by atoms with van der Waals surface area (Å²) in [6.45, 7) is 7.47. The van der Waals surface area contributed by atoms with Crippen molar-refractivity contribution in [2.24, 2.45) is 5.41 Å². The third kappa shape index (κ3) is 2.58. The number of nitrogens with one attached hydrogen (secondary N) is 1. The molecule has 74 valence electrons. The zero-order valence-corrected chi connectivity index (χ0v) is 8.81. The van der Waals surface area contributed by atoms with Crippen LogP contribution in [0.2, 0.25) is 0 Å². The van der Waals surface area contributed by atoms with Gasteiger partial charge in [-0.3, -0.25) is 4.79 Å². The molecule has 0 amide bonds. The lowest BCUT2D eigenvalue weighted by molar-refractivity contribution is -0.115. The predicted molar refractivity (Wildman–Crippen MR) is 54.4 cm³/mol. The molecule has 0 heterocycles. The normalized spacial score (nSPS) is 21.2. The van der Waals surface area contributed by atoms with Gasteiger partial charge in [0.25, 0.3) is 0 Å². The molecule has 0 saturated heterocycles. The van der Waals surface area contributed by atoms with Crippen molar-refractivity contribution in [1.82, 2.24) is 5.32 Å². The summed E-state index contributed by atoms with van der Waals surface area (Å²) in [5.41, 5.74) is 1.27. The highest BCUT2D eigenvalue weighted by molar-refractivity contribution is 5.91. The smallest absolute Gasteiger partial charge is 0.157 e. The van der Waals surface area contributed by atoms with E-state index in [1.807, 2.05) is 0 Å². The first kappa shape index (κ1) is 10.3. The van der Waals surface area contributed by atoms with E-state index in [1.165, 1.54) is 0 Å². The van der Waals surface area contributed by atoms with Gasteiger partial charge in [0, 0.05) is 30.2 Å². The lowest BCUT2D eigenvalue weighted by Gasteiger charge is -2.31. The van der Waals surface area contributed by atoms with Crippen LogP contribution in [0.5, 0.6) is 0 Å². The molecule has 1 aliphatic rings. The van der Waals surface area contributed by atoms with Crippen LogP contribution in [0.25, 0.3) is 0 Å². The number of hydrogen-bond donors (Lipinski definition) is 1. The number of ketones is 1. The van der Waals surface area contributed by atoms with E-state index in [0.29, 0.717) is 6.42 Å². The largest absolute Gasteiger partial charge is 0.388 e. The predicted octanol–water partition coefficient (Wildman–Crippen LogP) is 2.26. The summed E-state index contributed by atoms with van der Waals surface area (Å²) >= 11 is 0. The average Bonchev–Trinajstić information content (AvgIpc) is 2.07. The minimum absolute atomic E-state index is 0.156. The van der Waals surface area contributed by atoms with Gasteiger partial charge in [0.05, 0.1) is 0 Å². The number of carbonyl (C=O) groups is 1. The molecule has 1 rings (SSSR count). The Labute approximate surface area is 80.4 Å². The number of allylic oxidation sites excluding steroid dienone is 2. The Morgan fingerprint density at radius 1 is 1.54 bits per heavy atom. The fourth-order valence-corrected chi connectivity index (χ4v) is 1.55. The van der Waals surface area contributed by atoms with Gasteiger partial charge in [0.2, 0.25) is 0 Å². The highest BCUT2D eigenvalue weighted by Gasteiger charge is 2.28. The minimum Gasteiger partial charge on any atom is -0.388 e. The van der Waals surface area contributed by atoms with Crippen molar-refractivity contribution < 1.29 is 4.79 Å². The maximum Gasteiger partial charge on any atom is 0.157 e. The molecule has 2 nitrogen and oxygen atoms in total. The van der Waals surface area contributed by atoms with Crippen molar-refractivity contribution in [3.8, 4) is 0 Å². The monoisotopic (exact) mass is 181 g/mol. The summed E-state index contributed by atoms with van der Waals surface area (Å²) in [7, 11) is 0. The summed E-state index contributed by atoms with van der Waals surface area (Å²) in [5.74, 6) is 0.262. The number of carbonyl (C=O) groups excluding carboxylic acids is 1. The van der Waals surface area contributed by atoms with Crippen LogP contribution < -0.4 is 5.32 Å². The molecule has 0 fully saturated rings. The molecule has 0 aromatic rings. The zero-order chi connectivity index (χ0) is 9.90. The van der Waals surface area contributed by atoms with E-state index in [0.717, 1.165) is 25.1 Å². The van der Waals surface area contributed by atoms with Gasteiger partial charge >= 0.3 is 0 Å². The molecule has 0 unspecified atom stereocenters. The van der Waals surface area contributed by atoms with E-state index < -0.39 is 0 Å². The van der Waals surface area contributed by atoms with Gasteiger partial charge in [-0.1, -0.05) is 20.8 Å². The van der Waals surface area contributed by atoms with Crippen molar-refractivity contribution in [3.63, 3.8) is 0 Å². The summed E-state index contributed by atoms with van der Waals surface area (Å²) in [6.07, 6.45) is 4.54. The molecular weight excluding hydrogens is 162 g/mol. The Bertz CT molecular complexity index is 228. The van der Waals surface area contributed by atoms with Crippen molar-refractivity contribution in [2.45, 2.75) is 40.0 Å². The van der Waals surface area contributed by atoms with Gasteiger partial charge in [-0.25, -0.2) is 0 Å². The van der Waals surface area contributed by atoms with Gasteiger partial charge in [0.1, 0.15) is 0 Å². The molecule has 1 N–H and O–H groups in total. The Hall–Kier alpha value is -0.790. The average molecular weight is 181 g/mol. The first-order valence-electron chi connectivity index (χ1n) is 5.05. The fourth-order valence-electron chi connectivity index (χ4n) is 1.55. The lowest BCUT2D eigenvalue weighted by atomic mass is 9.79. The molecule has 2 heteroatoms. The number of hydrogen-bond acceptors (Lipinski definition) is 2. The van der Waals surface area contributed by atoms with Crippen molar-refractivity contribution in [1.29, 1.82) is 0 Å². The highest BCUT2D eigenvalue weighted by Crippen LogP contribution is 2.33. The third-order valence-electron chi connectivity index (χ3n) is 2.60. The Kier molecular flexibility index (Phi) is 3.12. The highest BCUT2D eigenvalue weighted by atomic mass is 16.1. The van der Waals surface area contributed by atoms with Crippen molar-refractivity contribution in [2.75, 3.05) is 6.54 Å². The van der Waals surface area contributed by atoms with Crippen molar-refractivity contribution in [3.05, 3.63) is 11.8 Å².